The molecule has 3 heterocycles. The summed E-state index contributed by atoms with van der Waals surface area (Å²) in [5.41, 5.74) is 1.29. The molecule has 1 saturated heterocycles. The number of furan rings is 1. The number of fused-ring (bicyclic) bond motifs is 3. The van der Waals surface area contributed by atoms with Crippen molar-refractivity contribution in [3.63, 3.8) is 0 Å². The van der Waals surface area contributed by atoms with Crippen molar-refractivity contribution in [3.8, 4) is 0 Å². The van der Waals surface area contributed by atoms with Crippen LogP contribution in [0.4, 0.5) is 0 Å². The summed E-state index contributed by atoms with van der Waals surface area (Å²) in [6.45, 7) is 1.09. The van der Waals surface area contributed by atoms with E-state index in [0.717, 1.165) is 23.4 Å². The number of pyridine rings is 1. The molecule has 1 saturated carbocycles. The molecule has 0 spiro atoms. The molecule has 3 unspecified atom stereocenters. The van der Waals surface area contributed by atoms with Gasteiger partial charge in [-0.2, -0.15) is 0 Å². The largest absolute Gasteiger partial charge is 0.461 e. The Hall–Kier alpha value is -1.53. The maximum absolute atomic E-state index is 12.6. The van der Waals surface area contributed by atoms with Crippen LogP contribution in [0.2, 0.25) is 0 Å². The van der Waals surface area contributed by atoms with Gasteiger partial charge in [-0.15, -0.1) is 11.8 Å². The normalized spacial score (nSPS) is 27.4. The summed E-state index contributed by atoms with van der Waals surface area (Å²) >= 11 is 1.52. The van der Waals surface area contributed by atoms with Crippen molar-refractivity contribution in [2.45, 2.75) is 30.0 Å². The number of thioether (sulfide) groups is 1. The van der Waals surface area contributed by atoms with Crippen molar-refractivity contribution in [2.24, 2.45) is 5.92 Å². The molecule has 0 aromatic carbocycles. The minimum atomic E-state index is -0.0547. The van der Waals surface area contributed by atoms with E-state index in [4.69, 9.17) is 4.42 Å². The summed E-state index contributed by atoms with van der Waals surface area (Å²) in [6.07, 6.45) is 7.47. The van der Waals surface area contributed by atoms with Crippen molar-refractivity contribution in [3.05, 3.63) is 24.1 Å². The number of nitrogens with one attached hydrogen (secondary N) is 2. The number of aromatic nitrogens is 1. The third-order valence-corrected chi connectivity index (χ3v) is 5.22. The van der Waals surface area contributed by atoms with Crippen LogP contribution in [-0.2, 0) is 0 Å². The highest BCUT2D eigenvalue weighted by Gasteiger charge is 2.40. The molecule has 21 heavy (non-hydrogen) atoms. The number of carbonyl (C=O) groups excluding carboxylic acids is 1. The lowest BCUT2D eigenvalue weighted by Gasteiger charge is -2.24. The number of nitrogens with zero attached hydrogens (tertiary/aromatic N) is 1. The van der Waals surface area contributed by atoms with Crippen LogP contribution in [0.15, 0.2) is 28.0 Å². The Morgan fingerprint density at radius 1 is 1.52 bits per heavy atom. The average molecular weight is 303 g/mol. The second kappa shape index (κ2) is 5.03. The molecule has 2 aromatic rings. The SMILES string of the molecule is CSc1ncc(C(=O)NC2CC3CNC2C3)c2ccoc12. The second-order valence-corrected chi connectivity index (χ2v) is 6.57. The van der Waals surface area contributed by atoms with Gasteiger partial charge in [0.25, 0.3) is 5.91 Å². The fourth-order valence-electron chi connectivity index (χ4n) is 3.52. The van der Waals surface area contributed by atoms with Gasteiger partial charge in [0.1, 0.15) is 5.03 Å². The summed E-state index contributed by atoms with van der Waals surface area (Å²) in [4.78, 5) is 16.9. The Labute approximate surface area is 126 Å². The van der Waals surface area contributed by atoms with Gasteiger partial charge in [0, 0.05) is 23.7 Å². The number of piperidine rings is 1. The summed E-state index contributed by atoms with van der Waals surface area (Å²) < 4.78 is 5.47. The van der Waals surface area contributed by atoms with E-state index in [2.05, 4.69) is 15.6 Å². The molecule has 6 heteroatoms. The molecule has 1 aliphatic carbocycles. The zero-order chi connectivity index (χ0) is 14.4. The number of amides is 1. The minimum absolute atomic E-state index is 0.0547. The average Bonchev–Trinajstić information content (AvgIpc) is 3.21. The van der Waals surface area contributed by atoms with Gasteiger partial charge in [0.05, 0.1) is 11.8 Å². The van der Waals surface area contributed by atoms with E-state index in [1.54, 1.807) is 12.5 Å². The first-order valence-corrected chi connectivity index (χ1v) is 8.43. The standard InChI is InChI=1S/C15H17N3O2S/c1-21-15-13-9(2-3-20-13)10(7-17-15)14(19)18-12-5-8-4-11(12)16-6-8/h2-3,7-8,11-12,16H,4-6H2,1H3,(H,18,19). The Morgan fingerprint density at radius 3 is 3.14 bits per heavy atom. The lowest BCUT2D eigenvalue weighted by atomic mass is 10.1. The van der Waals surface area contributed by atoms with E-state index in [0.29, 0.717) is 23.1 Å². The van der Waals surface area contributed by atoms with E-state index in [1.807, 2.05) is 12.3 Å². The lowest BCUT2D eigenvalue weighted by molar-refractivity contribution is 0.0929. The molecule has 3 atom stereocenters. The highest BCUT2D eigenvalue weighted by molar-refractivity contribution is 7.98. The van der Waals surface area contributed by atoms with Crippen LogP contribution >= 0.6 is 11.8 Å². The Balaban J connectivity index is 1.61. The third-order valence-electron chi connectivity index (χ3n) is 4.54. The first kappa shape index (κ1) is 13.2. The molecule has 0 radical (unpaired) electrons. The van der Waals surface area contributed by atoms with Crippen LogP contribution in [0.5, 0.6) is 0 Å². The molecule has 2 aliphatic rings. The molecule has 2 aromatic heterocycles. The van der Waals surface area contributed by atoms with E-state index in [1.165, 1.54) is 18.2 Å². The fourth-order valence-corrected chi connectivity index (χ4v) is 4.03. The molecule has 1 amide bonds. The van der Waals surface area contributed by atoms with Gasteiger partial charge < -0.3 is 15.1 Å². The fraction of sp³-hybridized carbons (Fsp3) is 0.467. The minimum Gasteiger partial charge on any atom is -0.461 e. The molecule has 2 N–H and O–H groups in total. The van der Waals surface area contributed by atoms with Crippen molar-refractivity contribution >= 4 is 28.6 Å². The van der Waals surface area contributed by atoms with Crippen molar-refractivity contribution < 1.29 is 9.21 Å². The van der Waals surface area contributed by atoms with Gasteiger partial charge in [0.15, 0.2) is 5.58 Å². The predicted molar refractivity (Wildman–Crippen MR) is 81.6 cm³/mol. The van der Waals surface area contributed by atoms with Crippen LogP contribution < -0.4 is 10.6 Å². The van der Waals surface area contributed by atoms with E-state index >= 15 is 0 Å². The maximum atomic E-state index is 12.6. The van der Waals surface area contributed by atoms with E-state index in [-0.39, 0.29) is 11.9 Å². The number of hydrogen-bond acceptors (Lipinski definition) is 5. The summed E-state index contributed by atoms with van der Waals surface area (Å²) in [5.74, 6) is 0.659. The van der Waals surface area contributed by atoms with Crippen LogP contribution in [0.1, 0.15) is 23.2 Å². The van der Waals surface area contributed by atoms with Crippen molar-refractivity contribution in [2.75, 3.05) is 12.8 Å². The molecule has 2 fully saturated rings. The number of rotatable bonds is 3. The molecule has 110 valence electrons. The molecule has 4 rings (SSSR count). The second-order valence-electron chi connectivity index (χ2n) is 5.78. The summed E-state index contributed by atoms with van der Waals surface area (Å²) in [6, 6.07) is 2.50. The Bertz CT molecular complexity index is 699. The first-order valence-electron chi connectivity index (χ1n) is 7.20. The summed E-state index contributed by atoms with van der Waals surface area (Å²) in [5, 5.41) is 8.27. The predicted octanol–water partition coefficient (Wildman–Crippen LogP) is 2.03. The van der Waals surface area contributed by atoms with Crippen LogP contribution in [0, 0.1) is 5.92 Å². The van der Waals surface area contributed by atoms with Crippen LogP contribution in [0.3, 0.4) is 0 Å². The summed E-state index contributed by atoms with van der Waals surface area (Å²) in [7, 11) is 0. The molecular weight excluding hydrogens is 286 g/mol. The monoisotopic (exact) mass is 303 g/mol. The maximum Gasteiger partial charge on any atom is 0.253 e. The van der Waals surface area contributed by atoms with E-state index < -0.39 is 0 Å². The smallest absolute Gasteiger partial charge is 0.253 e. The number of hydrogen-bond donors (Lipinski definition) is 2. The van der Waals surface area contributed by atoms with Gasteiger partial charge in [-0.05, 0) is 37.6 Å². The molecule has 2 bridgehead atoms. The van der Waals surface area contributed by atoms with Gasteiger partial charge in [-0.3, -0.25) is 4.79 Å². The zero-order valence-corrected chi connectivity index (χ0v) is 12.6. The van der Waals surface area contributed by atoms with Crippen LogP contribution in [0.25, 0.3) is 11.0 Å². The first-order chi connectivity index (χ1) is 10.3. The van der Waals surface area contributed by atoms with Gasteiger partial charge in [-0.1, -0.05) is 0 Å². The van der Waals surface area contributed by atoms with Gasteiger partial charge in [-0.25, -0.2) is 4.98 Å². The quantitative estimate of drug-likeness (QED) is 0.849. The third kappa shape index (κ3) is 2.13. The lowest BCUT2D eigenvalue weighted by Crippen LogP contribution is -2.47. The van der Waals surface area contributed by atoms with Gasteiger partial charge >= 0.3 is 0 Å². The van der Waals surface area contributed by atoms with Crippen molar-refractivity contribution in [1.29, 1.82) is 0 Å². The molecular formula is C15H17N3O2S. The highest BCUT2D eigenvalue weighted by Crippen LogP contribution is 2.32. The Kier molecular flexibility index (Phi) is 3.15. The Morgan fingerprint density at radius 2 is 2.43 bits per heavy atom. The van der Waals surface area contributed by atoms with Crippen LogP contribution in [-0.4, -0.2) is 35.8 Å². The topological polar surface area (TPSA) is 67.2 Å². The van der Waals surface area contributed by atoms with E-state index in [9.17, 15) is 4.79 Å². The zero-order valence-electron chi connectivity index (χ0n) is 11.8. The highest BCUT2D eigenvalue weighted by atomic mass is 32.2. The van der Waals surface area contributed by atoms with Crippen molar-refractivity contribution in [1.82, 2.24) is 15.6 Å². The van der Waals surface area contributed by atoms with Gasteiger partial charge in [0.2, 0.25) is 0 Å². The molecule has 5 nitrogen and oxygen atoms in total. The number of carbonyl (C=O) groups is 1. The molecule has 1 aliphatic heterocycles.